The molecule has 0 fully saturated rings. The Hall–Kier alpha value is -2.37. The van der Waals surface area contributed by atoms with Crippen LogP contribution in [0.25, 0.3) is 0 Å². The van der Waals surface area contributed by atoms with Gasteiger partial charge in [-0.05, 0) is 12.1 Å². The molecule has 0 unspecified atom stereocenters. The summed E-state index contributed by atoms with van der Waals surface area (Å²) in [6, 6.07) is 3.35. The van der Waals surface area contributed by atoms with Gasteiger partial charge in [0, 0.05) is 12.4 Å². The number of nitrogen functional groups attached to an aromatic ring is 1. The van der Waals surface area contributed by atoms with Crippen molar-refractivity contribution in [2.24, 2.45) is 0 Å². The van der Waals surface area contributed by atoms with Crippen LogP contribution in [-0.4, -0.2) is 21.1 Å². The third-order valence-electron chi connectivity index (χ3n) is 1.83. The van der Waals surface area contributed by atoms with Crippen molar-refractivity contribution in [3.05, 3.63) is 36.3 Å². The second-order valence-corrected chi connectivity index (χ2v) is 2.90. The number of H-pyrrole nitrogens is 1. The lowest BCUT2D eigenvalue weighted by Gasteiger charge is -2.02. The first-order chi connectivity index (χ1) is 7.27. The highest BCUT2D eigenvalue weighted by atomic mass is 16.1. The number of carbonyl (C=O) groups is 1. The molecule has 0 bridgehead atoms. The topological polar surface area (TPSA) is 96.7 Å². The Kier molecular flexibility index (Phi) is 2.32. The largest absolute Gasteiger partial charge is 0.394 e. The Morgan fingerprint density at radius 2 is 2.33 bits per heavy atom. The number of nitrogens with one attached hydrogen (secondary N) is 2. The van der Waals surface area contributed by atoms with E-state index in [-0.39, 0.29) is 5.91 Å². The molecule has 0 aromatic carbocycles. The maximum atomic E-state index is 11.6. The van der Waals surface area contributed by atoms with Crippen molar-refractivity contribution in [1.29, 1.82) is 0 Å². The monoisotopic (exact) mass is 203 g/mol. The summed E-state index contributed by atoms with van der Waals surface area (Å²) in [4.78, 5) is 15.4. The quantitative estimate of drug-likeness (QED) is 0.667. The van der Waals surface area contributed by atoms with Crippen LogP contribution in [0.4, 0.5) is 11.5 Å². The fourth-order valence-electron chi connectivity index (χ4n) is 1.08. The van der Waals surface area contributed by atoms with Crippen molar-refractivity contribution in [2.45, 2.75) is 0 Å². The van der Waals surface area contributed by atoms with Crippen molar-refractivity contribution in [3.8, 4) is 0 Å². The van der Waals surface area contributed by atoms with E-state index in [1.54, 1.807) is 18.3 Å². The fourth-order valence-corrected chi connectivity index (χ4v) is 1.08. The SMILES string of the molecule is Nc1cn[nH]c1NC(=O)c1cccnc1. The molecule has 1 amide bonds. The van der Waals surface area contributed by atoms with Crippen LogP contribution in [0.2, 0.25) is 0 Å². The average molecular weight is 203 g/mol. The van der Waals surface area contributed by atoms with E-state index in [0.717, 1.165) is 0 Å². The summed E-state index contributed by atoms with van der Waals surface area (Å²) in [5.41, 5.74) is 6.40. The van der Waals surface area contributed by atoms with Crippen molar-refractivity contribution < 1.29 is 4.79 Å². The second kappa shape index (κ2) is 3.79. The Morgan fingerprint density at radius 1 is 1.47 bits per heavy atom. The second-order valence-electron chi connectivity index (χ2n) is 2.90. The molecule has 2 heterocycles. The summed E-state index contributed by atoms with van der Waals surface area (Å²) in [7, 11) is 0. The molecule has 0 saturated carbocycles. The summed E-state index contributed by atoms with van der Waals surface area (Å²) in [6.45, 7) is 0. The van der Waals surface area contributed by atoms with Crippen LogP contribution in [0, 0.1) is 0 Å². The van der Waals surface area contributed by atoms with Gasteiger partial charge in [0.2, 0.25) is 0 Å². The fraction of sp³-hybridized carbons (Fsp3) is 0. The van der Waals surface area contributed by atoms with E-state index in [2.05, 4.69) is 20.5 Å². The Morgan fingerprint density at radius 3 is 2.93 bits per heavy atom. The molecule has 0 aliphatic carbocycles. The molecule has 2 aromatic heterocycles. The minimum atomic E-state index is -0.279. The third-order valence-corrected chi connectivity index (χ3v) is 1.83. The Balaban J connectivity index is 2.15. The van der Waals surface area contributed by atoms with E-state index in [1.165, 1.54) is 12.4 Å². The molecule has 2 rings (SSSR count). The van der Waals surface area contributed by atoms with Gasteiger partial charge in [0.15, 0.2) is 5.82 Å². The van der Waals surface area contributed by atoms with Crippen LogP contribution in [-0.2, 0) is 0 Å². The molecule has 0 radical (unpaired) electrons. The normalized spacial score (nSPS) is 9.87. The highest BCUT2D eigenvalue weighted by molar-refractivity contribution is 6.04. The van der Waals surface area contributed by atoms with Gasteiger partial charge in [0.05, 0.1) is 17.4 Å². The highest BCUT2D eigenvalue weighted by Crippen LogP contribution is 2.13. The standard InChI is InChI=1S/C9H9N5O/c10-7-5-12-14-8(7)13-9(15)6-2-1-3-11-4-6/h1-5H,10H2,(H2,12,13,14,15). The van der Waals surface area contributed by atoms with Gasteiger partial charge in [0.1, 0.15) is 0 Å². The highest BCUT2D eigenvalue weighted by Gasteiger charge is 2.08. The molecule has 0 atom stereocenters. The Labute approximate surface area is 85.5 Å². The van der Waals surface area contributed by atoms with Crippen LogP contribution in [0.1, 0.15) is 10.4 Å². The van der Waals surface area contributed by atoms with E-state index in [4.69, 9.17) is 5.73 Å². The van der Waals surface area contributed by atoms with E-state index < -0.39 is 0 Å². The predicted molar refractivity (Wildman–Crippen MR) is 55.2 cm³/mol. The molecule has 0 aliphatic heterocycles. The Bertz CT molecular complexity index is 464. The zero-order chi connectivity index (χ0) is 10.7. The van der Waals surface area contributed by atoms with Crippen LogP contribution in [0.5, 0.6) is 0 Å². The van der Waals surface area contributed by atoms with E-state index in [0.29, 0.717) is 17.1 Å². The summed E-state index contributed by atoms with van der Waals surface area (Å²) >= 11 is 0. The van der Waals surface area contributed by atoms with Crippen molar-refractivity contribution in [3.63, 3.8) is 0 Å². The predicted octanol–water partition coefficient (Wildman–Crippen LogP) is 0.639. The van der Waals surface area contributed by atoms with Gasteiger partial charge in [-0.3, -0.25) is 14.9 Å². The summed E-state index contributed by atoms with van der Waals surface area (Å²) in [6.07, 6.45) is 4.50. The first kappa shape index (κ1) is 9.20. The minimum Gasteiger partial charge on any atom is -0.394 e. The number of rotatable bonds is 2. The molecule has 0 saturated heterocycles. The van der Waals surface area contributed by atoms with Crippen molar-refractivity contribution in [2.75, 3.05) is 11.1 Å². The number of nitrogens with two attached hydrogens (primary N) is 1. The first-order valence-electron chi connectivity index (χ1n) is 4.27. The van der Waals surface area contributed by atoms with Crippen LogP contribution < -0.4 is 11.1 Å². The van der Waals surface area contributed by atoms with Gasteiger partial charge in [-0.15, -0.1) is 0 Å². The van der Waals surface area contributed by atoms with Gasteiger partial charge in [-0.1, -0.05) is 0 Å². The van der Waals surface area contributed by atoms with Crippen molar-refractivity contribution >= 4 is 17.4 Å². The summed E-state index contributed by atoms with van der Waals surface area (Å²) < 4.78 is 0. The number of hydrogen-bond acceptors (Lipinski definition) is 4. The van der Waals surface area contributed by atoms with E-state index in [1.807, 2.05) is 0 Å². The van der Waals surface area contributed by atoms with E-state index in [9.17, 15) is 4.79 Å². The molecule has 15 heavy (non-hydrogen) atoms. The lowest BCUT2D eigenvalue weighted by atomic mass is 10.3. The molecule has 0 aliphatic rings. The lowest BCUT2D eigenvalue weighted by Crippen LogP contribution is -2.13. The van der Waals surface area contributed by atoms with Crippen LogP contribution >= 0.6 is 0 Å². The van der Waals surface area contributed by atoms with Gasteiger partial charge < -0.3 is 11.1 Å². The van der Waals surface area contributed by atoms with Crippen LogP contribution in [0.3, 0.4) is 0 Å². The van der Waals surface area contributed by atoms with E-state index >= 15 is 0 Å². The average Bonchev–Trinajstić information content (AvgIpc) is 2.66. The molecule has 2 aromatic rings. The molecular weight excluding hydrogens is 194 g/mol. The molecule has 0 spiro atoms. The number of aromatic nitrogens is 3. The molecule has 76 valence electrons. The van der Waals surface area contributed by atoms with Crippen molar-refractivity contribution in [1.82, 2.24) is 15.2 Å². The minimum absolute atomic E-state index is 0.279. The smallest absolute Gasteiger partial charge is 0.258 e. The zero-order valence-corrected chi connectivity index (χ0v) is 7.77. The first-order valence-corrected chi connectivity index (χ1v) is 4.27. The van der Waals surface area contributed by atoms with Crippen LogP contribution in [0.15, 0.2) is 30.7 Å². The molecule has 6 heteroatoms. The van der Waals surface area contributed by atoms with Gasteiger partial charge >= 0.3 is 0 Å². The number of aromatic amines is 1. The summed E-state index contributed by atoms with van der Waals surface area (Å²) in [5.74, 6) is 0.114. The van der Waals surface area contributed by atoms with Gasteiger partial charge in [0.25, 0.3) is 5.91 Å². The molecule has 6 nitrogen and oxygen atoms in total. The zero-order valence-electron chi connectivity index (χ0n) is 7.77. The number of hydrogen-bond donors (Lipinski definition) is 3. The lowest BCUT2D eigenvalue weighted by molar-refractivity contribution is 0.102. The van der Waals surface area contributed by atoms with Gasteiger partial charge in [-0.25, -0.2) is 0 Å². The molecule has 4 N–H and O–H groups in total. The third kappa shape index (κ3) is 1.93. The maximum absolute atomic E-state index is 11.6. The number of amides is 1. The molecular formula is C9H9N5O. The number of carbonyl (C=O) groups excluding carboxylic acids is 1. The number of anilines is 2. The van der Waals surface area contributed by atoms with Gasteiger partial charge in [-0.2, -0.15) is 5.10 Å². The summed E-state index contributed by atoms with van der Waals surface area (Å²) in [5, 5.41) is 8.85. The number of nitrogens with zero attached hydrogens (tertiary/aromatic N) is 2. The maximum Gasteiger partial charge on any atom is 0.258 e. The number of pyridine rings is 1.